The predicted molar refractivity (Wildman–Crippen MR) is 76.6 cm³/mol. The van der Waals surface area contributed by atoms with Gasteiger partial charge < -0.3 is 10.4 Å². The first-order chi connectivity index (χ1) is 8.81. The highest BCUT2D eigenvalue weighted by Crippen LogP contribution is 2.23. The van der Waals surface area contributed by atoms with Crippen LogP contribution in [0, 0.1) is 0 Å². The number of hydrogen-bond acceptors (Lipinski definition) is 3. The number of aliphatic hydroxyl groups excluding tert-OH is 1. The lowest BCUT2D eigenvalue weighted by Gasteiger charge is -2.22. The Morgan fingerprint density at radius 3 is 2.56 bits per heavy atom. The smallest absolute Gasteiger partial charge is 0.103 e. The van der Waals surface area contributed by atoms with Crippen LogP contribution in [0.3, 0.4) is 0 Å². The van der Waals surface area contributed by atoms with Gasteiger partial charge in [0.2, 0.25) is 0 Å². The summed E-state index contributed by atoms with van der Waals surface area (Å²) in [4.78, 5) is 1.03. The molecule has 1 heterocycles. The fourth-order valence-corrected chi connectivity index (χ4v) is 2.76. The molecule has 0 fully saturated rings. The zero-order valence-electron chi connectivity index (χ0n) is 10.5. The molecule has 2 N–H and O–H groups in total. The van der Waals surface area contributed by atoms with Crippen LogP contribution in [0.5, 0.6) is 0 Å². The molecule has 0 aliphatic heterocycles. The zero-order chi connectivity index (χ0) is 12.8. The van der Waals surface area contributed by atoms with E-state index in [2.05, 4.69) is 24.4 Å². The second kappa shape index (κ2) is 6.69. The minimum Gasteiger partial charge on any atom is -0.386 e. The van der Waals surface area contributed by atoms with Crippen LogP contribution < -0.4 is 5.32 Å². The second-order valence-corrected chi connectivity index (χ2v) is 5.32. The molecule has 0 amide bonds. The number of benzene rings is 1. The van der Waals surface area contributed by atoms with Crippen molar-refractivity contribution >= 4 is 11.3 Å². The topological polar surface area (TPSA) is 32.3 Å². The Hall–Kier alpha value is -1.16. The van der Waals surface area contributed by atoms with E-state index in [1.807, 2.05) is 35.7 Å². The van der Waals surface area contributed by atoms with Crippen molar-refractivity contribution in [3.05, 3.63) is 58.3 Å². The predicted octanol–water partition coefficient (Wildman–Crippen LogP) is 3.35. The molecule has 3 heteroatoms. The molecule has 0 aliphatic carbocycles. The average Bonchev–Trinajstić information content (AvgIpc) is 2.94. The van der Waals surface area contributed by atoms with E-state index in [9.17, 15) is 5.11 Å². The Morgan fingerprint density at radius 2 is 1.94 bits per heavy atom. The Kier molecular flexibility index (Phi) is 4.93. The fourth-order valence-electron chi connectivity index (χ4n) is 1.98. The van der Waals surface area contributed by atoms with Gasteiger partial charge in [-0.05, 0) is 23.4 Å². The normalized spacial score (nSPS) is 14.3. The number of nitrogens with one attached hydrogen (secondary N) is 1. The van der Waals surface area contributed by atoms with E-state index in [1.54, 1.807) is 11.3 Å². The SMILES string of the molecule is CCC(NCc1ccccc1)C(O)c1cccs1. The molecule has 2 atom stereocenters. The van der Waals surface area contributed by atoms with Gasteiger partial charge in [-0.25, -0.2) is 0 Å². The lowest BCUT2D eigenvalue weighted by atomic mass is 10.1. The maximum atomic E-state index is 10.3. The maximum Gasteiger partial charge on any atom is 0.103 e. The summed E-state index contributed by atoms with van der Waals surface area (Å²) in [6, 6.07) is 14.3. The highest BCUT2D eigenvalue weighted by molar-refractivity contribution is 7.10. The summed E-state index contributed by atoms with van der Waals surface area (Å²) < 4.78 is 0. The summed E-state index contributed by atoms with van der Waals surface area (Å²) >= 11 is 1.61. The number of thiophene rings is 1. The van der Waals surface area contributed by atoms with Crippen molar-refractivity contribution < 1.29 is 5.11 Å². The monoisotopic (exact) mass is 261 g/mol. The molecule has 2 nitrogen and oxygen atoms in total. The van der Waals surface area contributed by atoms with Gasteiger partial charge in [-0.2, -0.15) is 0 Å². The van der Waals surface area contributed by atoms with Crippen LogP contribution in [0.1, 0.15) is 29.9 Å². The number of aliphatic hydroxyl groups is 1. The lowest BCUT2D eigenvalue weighted by molar-refractivity contribution is 0.128. The Morgan fingerprint density at radius 1 is 1.17 bits per heavy atom. The van der Waals surface area contributed by atoms with Gasteiger partial charge in [-0.3, -0.25) is 0 Å². The minimum absolute atomic E-state index is 0.101. The second-order valence-electron chi connectivity index (χ2n) is 4.34. The van der Waals surface area contributed by atoms with Crippen molar-refractivity contribution in [2.75, 3.05) is 0 Å². The highest BCUT2D eigenvalue weighted by atomic mass is 32.1. The van der Waals surface area contributed by atoms with E-state index in [1.165, 1.54) is 5.56 Å². The third-order valence-electron chi connectivity index (χ3n) is 3.07. The first-order valence-electron chi connectivity index (χ1n) is 6.30. The van der Waals surface area contributed by atoms with E-state index in [-0.39, 0.29) is 6.04 Å². The molecule has 0 spiro atoms. The first-order valence-corrected chi connectivity index (χ1v) is 7.18. The molecular weight excluding hydrogens is 242 g/mol. The molecule has 0 saturated heterocycles. The van der Waals surface area contributed by atoms with Crippen LogP contribution >= 0.6 is 11.3 Å². The van der Waals surface area contributed by atoms with Crippen molar-refractivity contribution in [2.24, 2.45) is 0 Å². The van der Waals surface area contributed by atoms with Gasteiger partial charge in [0.15, 0.2) is 0 Å². The van der Waals surface area contributed by atoms with Crippen molar-refractivity contribution in [1.29, 1.82) is 0 Å². The van der Waals surface area contributed by atoms with Gasteiger partial charge >= 0.3 is 0 Å². The van der Waals surface area contributed by atoms with Crippen LogP contribution in [0.4, 0.5) is 0 Å². The van der Waals surface area contributed by atoms with Crippen molar-refractivity contribution in [3.63, 3.8) is 0 Å². The first kappa shape index (κ1) is 13.3. The summed E-state index contributed by atoms with van der Waals surface area (Å²) in [5.74, 6) is 0. The van der Waals surface area contributed by atoms with Crippen molar-refractivity contribution in [1.82, 2.24) is 5.32 Å². The van der Waals surface area contributed by atoms with E-state index < -0.39 is 6.10 Å². The minimum atomic E-state index is -0.418. The van der Waals surface area contributed by atoms with Crippen LogP contribution in [0.15, 0.2) is 47.8 Å². The molecule has 0 bridgehead atoms. The molecular formula is C15H19NOS. The van der Waals surface area contributed by atoms with Crippen LogP contribution in [-0.2, 0) is 6.54 Å². The van der Waals surface area contributed by atoms with Gasteiger partial charge in [0.1, 0.15) is 6.10 Å². The lowest BCUT2D eigenvalue weighted by Crippen LogP contribution is -2.33. The van der Waals surface area contributed by atoms with Crippen molar-refractivity contribution in [2.45, 2.75) is 32.0 Å². The molecule has 0 radical (unpaired) electrons. The number of rotatable bonds is 6. The largest absolute Gasteiger partial charge is 0.386 e. The standard InChI is InChI=1S/C15H19NOS/c1-2-13(15(17)14-9-6-10-18-14)16-11-12-7-4-3-5-8-12/h3-10,13,15-17H,2,11H2,1H3. The van der Waals surface area contributed by atoms with Gasteiger partial charge in [-0.1, -0.05) is 43.3 Å². The maximum absolute atomic E-state index is 10.3. The molecule has 1 aromatic heterocycles. The summed E-state index contributed by atoms with van der Waals surface area (Å²) in [6.07, 6.45) is 0.491. The van der Waals surface area contributed by atoms with Gasteiger partial charge in [0, 0.05) is 17.5 Å². The summed E-state index contributed by atoms with van der Waals surface area (Å²) in [6.45, 7) is 2.89. The van der Waals surface area contributed by atoms with E-state index in [0.717, 1.165) is 17.8 Å². The third kappa shape index (κ3) is 3.42. The molecule has 18 heavy (non-hydrogen) atoms. The molecule has 0 saturated carbocycles. The molecule has 2 aromatic rings. The number of hydrogen-bond donors (Lipinski definition) is 2. The molecule has 0 aliphatic rings. The van der Waals surface area contributed by atoms with Gasteiger partial charge in [0.25, 0.3) is 0 Å². The summed E-state index contributed by atoms with van der Waals surface area (Å²) in [5, 5.41) is 15.7. The third-order valence-corrected chi connectivity index (χ3v) is 4.01. The molecule has 2 unspecified atom stereocenters. The van der Waals surface area contributed by atoms with Crippen LogP contribution in [0.25, 0.3) is 0 Å². The van der Waals surface area contributed by atoms with Crippen LogP contribution in [-0.4, -0.2) is 11.1 Å². The average molecular weight is 261 g/mol. The van der Waals surface area contributed by atoms with Crippen molar-refractivity contribution in [3.8, 4) is 0 Å². The molecule has 1 aromatic carbocycles. The summed E-state index contributed by atoms with van der Waals surface area (Å²) in [7, 11) is 0. The quantitative estimate of drug-likeness (QED) is 0.836. The molecule has 2 rings (SSSR count). The Balaban J connectivity index is 1.93. The van der Waals surface area contributed by atoms with E-state index in [0.29, 0.717) is 0 Å². The summed E-state index contributed by atoms with van der Waals surface area (Å²) in [5.41, 5.74) is 1.24. The zero-order valence-corrected chi connectivity index (χ0v) is 11.4. The van der Waals surface area contributed by atoms with Gasteiger partial charge in [0.05, 0.1) is 0 Å². The van der Waals surface area contributed by atoms with Crippen LogP contribution in [0.2, 0.25) is 0 Å². The molecule has 96 valence electrons. The van der Waals surface area contributed by atoms with Gasteiger partial charge in [-0.15, -0.1) is 11.3 Å². The highest BCUT2D eigenvalue weighted by Gasteiger charge is 2.19. The van der Waals surface area contributed by atoms with E-state index in [4.69, 9.17) is 0 Å². The van der Waals surface area contributed by atoms with E-state index >= 15 is 0 Å². The fraction of sp³-hybridized carbons (Fsp3) is 0.333. The Labute approximate surface area is 112 Å². The Bertz CT molecular complexity index is 441.